The van der Waals surface area contributed by atoms with Crippen LogP contribution in [0.4, 0.5) is 10.1 Å². The molecule has 1 unspecified atom stereocenters. The van der Waals surface area contributed by atoms with Gasteiger partial charge in [0.15, 0.2) is 0 Å². The van der Waals surface area contributed by atoms with Crippen molar-refractivity contribution in [2.24, 2.45) is 14.1 Å². The summed E-state index contributed by atoms with van der Waals surface area (Å²) in [6.07, 6.45) is 0.961. The molecule has 12 nitrogen and oxygen atoms in total. The number of amides is 3. The molecular weight excluding hydrogens is 607 g/mol. The van der Waals surface area contributed by atoms with Crippen LogP contribution in [0.15, 0.2) is 58.1 Å². The molecular formula is C34H37FN6O6. The van der Waals surface area contributed by atoms with Crippen molar-refractivity contribution >= 4 is 23.9 Å². The van der Waals surface area contributed by atoms with Crippen molar-refractivity contribution in [3.05, 3.63) is 97.6 Å². The Morgan fingerprint density at radius 2 is 1.68 bits per heavy atom. The molecule has 4 aromatic rings. The molecule has 0 aliphatic carbocycles. The molecule has 0 bridgehead atoms. The minimum atomic E-state index is -0.804. The van der Waals surface area contributed by atoms with E-state index in [0.29, 0.717) is 35.4 Å². The number of nitrogens with one attached hydrogen (secondary N) is 3. The van der Waals surface area contributed by atoms with Crippen molar-refractivity contribution in [3.63, 3.8) is 0 Å². The van der Waals surface area contributed by atoms with Gasteiger partial charge in [-0.25, -0.2) is 13.9 Å². The quantitative estimate of drug-likeness (QED) is 0.199. The summed E-state index contributed by atoms with van der Waals surface area (Å²) < 4.78 is 22.9. The van der Waals surface area contributed by atoms with E-state index < -0.39 is 28.7 Å². The third kappa shape index (κ3) is 7.52. The Morgan fingerprint density at radius 3 is 2.36 bits per heavy atom. The van der Waals surface area contributed by atoms with Gasteiger partial charge in [0.25, 0.3) is 11.5 Å². The van der Waals surface area contributed by atoms with Crippen LogP contribution in [0, 0.1) is 19.7 Å². The summed E-state index contributed by atoms with van der Waals surface area (Å²) in [6.45, 7) is 5.80. The second-order valence-electron chi connectivity index (χ2n) is 11.2. The van der Waals surface area contributed by atoms with E-state index in [1.807, 2.05) is 45.0 Å². The Balaban J connectivity index is 1.61. The van der Waals surface area contributed by atoms with E-state index in [4.69, 9.17) is 4.74 Å². The average Bonchev–Trinajstić information content (AvgIpc) is 3.04. The lowest BCUT2D eigenvalue weighted by Crippen LogP contribution is -2.43. The zero-order valence-electron chi connectivity index (χ0n) is 27.1. The number of benzene rings is 3. The minimum Gasteiger partial charge on any atom is -0.496 e. The molecule has 3 N–H and O–H groups in total. The van der Waals surface area contributed by atoms with Crippen LogP contribution >= 0.6 is 0 Å². The average molecular weight is 645 g/mol. The van der Waals surface area contributed by atoms with Gasteiger partial charge in [-0.3, -0.25) is 29.1 Å². The van der Waals surface area contributed by atoms with Gasteiger partial charge in [-0.15, -0.1) is 0 Å². The molecule has 0 saturated carbocycles. The summed E-state index contributed by atoms with van der Waals surface area (Å²) in [5.74, 6) is -1.22. The SMILES string of the molecule is COc1cc(-c2cccc(-c3cccc(NC(=O)c4nn(C)c(=O)n(C)c4=O)c3C)c2C)cc(F)c1CNC(C)CCC(=O)NC=O. The molecule has 0 aliphatic heterocycles. The first kappa shape index (κ1) is 34.4. The van der Waals surface area contributed by atoms with Crippen molar-refractivity contribution in [3.8, 4) is 28.0 Å². The van der Waals surface area contributed by atoms with Gasteiger partial charge < -0.3 is 15.4 Å². The van der Waals surface area contributed by atoms with Crippen LogP contribution in [0.1, 0.15) is 46.9 Å². The summed E-state index contributed by atoms with van der Waals surface area (Å²) >= 11 is 0. The third-order valence-corrected chi connectivity index (χ3v) is 8.08. The van der Waals surface area contributed by atoms with Crippen LogP contribution in [0.2, 0.25) is 0 Å². The van der Waals surface area contributed by atoms with Crippen LogP contribution in [0.3, 0.4) is 0 Å². The summed E-state index contributed by atoms with van der Waals surface area (Å²) in [6, 6.07) is 14.2. The standard InChI is InChI=1S/C34H37FN6O6/c1-19(13-14-30(43)37-18-42)36-17-26-27(35)15-22(16-29(26)47-6)23-9-7-10-24(20(23)2)25-11-8-12-28(21(25)3)38-32(44)31-33(45)40(4)34(46)41(5)39-31/h7-12,15-16,18-19,36H,13-14,17H2,1-6H3,(H,38,44)(H,37,42,43). The number of methoxy groups -OCH3 is 1. The molecule has 0 radical (unpaired) electrons. The molecule has 3 amide bonds. The van der Waals surface area contributed by atoms with E-state index in [1.54, 1.807) is 18.2 Å². The van der Waals surface area contributed by atoms with Crippen molar-refractivity contribution < 1.29 is 23.5 Å². The van der Waals surface area contributed by atoms with Crippen molar-refractivity contribution in [1.29, 1.82) is 0 Å². The van der Waals surface area contributed by atoms with E-state index in [0.717, 1.165) is 37.1 Å². The highest BCUT2D eigenvalue weighted by Crippen LogP contribution is 2.37. The van der Waals surface area contributed by atoms with Gasteiger partial charge in [-0.05, 0) is 78.8 Å². The number of aromatic nitrogens is 3. The Hall–Kier alpha value is -5.43. The van der Waals surface area contributed by atoms with Crippen molar-refractivity contribution in [1.82, 2.24) is 25.0 Å². The fourth-order valence-electron chi connectivity index (χ4n) is 5.31. The van der Waals surface area contributed by atoms with Crippen LogP contribution in [-0.2, 0) is 30.2 Å². The predicted octanol–water partition coefficient (Wildman–Crippen LogP) is 3.36. The van der Waals surface area contributed by atoms with Crippen LogP contribution in [0.5, 0.6) is 5.75 Å². The second-order valence-corrected chi connectivity index (χ2v) is 11.2. The zero-order valence-corrected chi connectivity index (χ0v) is 27.1. The highest BCUT2D eigenvalue weighted by molar-refractivity contribution is 6.03. The number of imide groups is 1. The third-order valence-electron chi connectivity index (χ3n) is 8.08. The van der Waals surface area contributed by atoms with Gasteiger partial charge in [0.2, 0.25) is 18.0 Å². The molecule has 1 aromatic heterocycles. The maximum Gasteiger partial charge on any atom is 0.346 e. The van der Waals surface area contributed by atoms with Gasteiger partial charge in [0.05, 0.1) is 7.11 Å². The minimum absolute atomic E-state index is 0.123. The molecule has 0 spiro atoms. The summed E-state index contributed by atoms with van der Waals surface area (Å²) in [5.41, 5.74) is 3.58. The smallest absolute Gasteiger partial charge is 0.346 e. The van der Waals surface area contributed by atoms with Gasteiger partial charge in [-0.1, -0.05) is 30.3 Å². The largest absolute Gasteiger partial charge is 0.496 e. The topological polar surface area (TPSA) is 153 Å². The van der Waals surface area contributed by atoms with Crippen LogP contribution < -0.4 is 31.9 Å². The number of ether oxygens (including phenoxy) is 1. The molecule has 1 atom stereocenters. The number of hydrogen-bond donors (Lipinski definition) is 3. The highest BCUT2D eigenvalue weighted by Gasteiger charge is 2.20. The molecule has 0 fully saturated rings. The zero-order chi connectivity index (χ0) is 34.4. The number of rotatable bonds is 12. The van der Waals surface area contributed by atoms with Crippen LogP contribution in [0.25, 0.3) is 22.3 Å². The van der Waals surface area contributed by atoms with Gasteiger partial charge in [0, 0.05) is 44.4 Å². The Bertz CT molecular complexity index is 1970. The van der Waals surface area contributed by atoms with E-state index in [-0.39, 0.29) is 24.9 Å². The number of nitrogens with zero attached hydrogens (tertiary/aromatic N) is 3. The van der Waals surface area contributed by atoms with Gasteiger partial charge in [0.1, 0.15) is 11.6 Å². The van der Waals surface area contributed by atoms with Crippen molar-refractivity contribution in [2.45, 2.75) is 46.2 Å². The molecule has 0 aliphatic rings. The summed E-state index contributed by atoms with van der Waals surface area (Å²) in [7, 11) is 4.11. The van der Waals surface area contributed by atoms with Crippen LogP contribution in [-0.4, -0.2) is 45.7 Å². The molecule has 13 heteroatoms. The lowest BCUT2D eigenvalue weighted by molar-refractivity contribution is -0.125. The van der Waals surface area contributed by atoms with E-state index in [2.05, 4.69) is 21.0 Å². The van der Waals surface area contributed by atoms with Crippen molar-refractivity contribution in [2.75, 3.05) is 12.4 Å². The fraction of sp³-hybridized carbons (Fsp3) is 0.294. The monoisotopic (exact) mass is 644 g/mol. The molecule has 47 heavy (non-hydrogen) atoms. The summed E-state index contributed by atoms with van der Waals surface area (Å²) in [5, 5.41) is 11.9. The highest BCUT2D eigenvalue weighted by atomic mass is 19.1. The fourth-order valence-corrected chi connectivity index (χ4v) is 5.31. The maximum absolute atomic E-state index is 15.6. The molecule has 4 rings (SSSR count). The second kappa shape index (κ2) is 14.8. The van der Waals surface area contributed by atoms with Gasteiger partial charge >= 0.3 is 5.69 Å². The first-order valence-electron chi connectivity index (χ1n) is 14.9. The Morgan fingerprint density at radius 1 is 1.02 bits per heavy atom. The number of carbonyl (C=O) groups is 3. The Kier molecular flexibility index (Phi) is 10.8. The molecule has 0 saturated heterocycles. The molecule has 3 aromatic carbocycles. The van der Waals surface area contributed by atoms with E-state index >= 15 is 4.39 Å². The maximum atomic E-state index is 15.6. The number of hydrogen-bond acceptors (Lipinski definition) is 8. The lowest BCUT2D eigenvalue weighted by Gasteiger charge is -2.19. The predicted molar refractivity (Wildman–Crippen MR) is 176 cm³/mol. The first-order chi connectivity index (χ1) is 22.4. The molecule has 1 heterocycles. The van der Waals surface area contributed by atoms with E-state index in [9.17, 15) is 24.0 Å². The first-order valence-corrected chi connectivity index (χ1v) is 14.9. The lowest BCUT2D eigenvalue weighted by atomic mass is 9.90. The number of halogens is 1. The number of aryl methyl sites for hydroxylation is 1. The van der Waals surface area contributed by atoms with Gasteiger partial charge in [-0.2, -0.15) is 5.10 Å². The number of anilines is 1. The summed E-state index contributed by atoms with van der Waals surface area (Å²) in [4.78, 5) is 59.6. The molecule has 246 valence electrons. The van der Waals surface area contributed by atoms with E-state index in [1.165, 1.54) is 27.3 Å². The Labute approximate surface area is 270 Å². The number of carbonyl (C=O) groups excluding carboxylic acids is 3. The normalized spacial score (nSPS) is 11.6.